The minimum absolute atomic E-state index is 0.372. The molecular weight excluding hydrogens is 188 g/mol. The highest BCUT2D eigenvalue weighted by Gasteiger charge is 2.41. The highest BCUT2D eigenvalue weighted by molar-refractivity contribution is 5.72. The van der Waals surface area contributed by atoms with Gasteiger partial charge >= 0.3 is 0 Å². The van der Waals surface area contributed by atoms with E-state index in [1.165, 1.54) is 16.7 Å². The largest absolute Gasteiger partial charge is 0.379 e. The first kappa shape index (κ1) is 10.4. The number of ether oxygens (including phenoxy) is 1. The lowest BCUT2D eigenvalue weighted by atomic mass is 9.77. The fourth-order valence-electron chi connectivity index (χ4n) is 2.11. The highest BCUT2D eigenvalue weighted by Crippen LogP contribution is 2.33. The minimum atomic E-state index is -0.372. The maximum atomic E-state index is 11.2. The van der Waals surface area contributed by atoms with Crippen LogP contribution in [0.2, 0.25) is 0 Å². The normalized spacial score (nSPS) is 18.3. The quantitative estimate of drug-likeness (QED) is 0.689. The van der Waals surface area contributed by atoms with Crippen molar-refractivity contribution in [3.63, 3.8) is 0 Å². The summed E-state index contributed by atoms with van der Waals surface area (Å²) in [5.74, 6) is 0. The average molecular weight is 204 g/mol. The molecule has 0 N–H and O–H groups in total. The van der Waals surface area contributed by atoms with Gasteiger partial charge in [0.15, 0.2) is 0 Å². The van der Waals surface area contributed by atoms with Crippen molar-refractivity contribution in [2.45, 2.75) is 26.2 Å². The molecule has 1 aliphatic heterocycles. The average Bonchev–Trinajstić information content (AvgIpc) is 2.12. The zero-order chi connectivity index (χ0) is 11.1. The van der Waals surface area contributed by atoms with Crippen LogP contribution < -0.4 is 0 Å². The van der Waals surface area contributed by atoms with Gasteiger partial charge in [-0.05, 0) is 43.0 Å². The summed E-state index contributed by atoms with van der Waals surface area (Å²) in [7, 11) is 0. The molecule has 0 aliphatic carbocycles. The van der Waals surface area contributed by atoms with E-state index in [1.807, 2.05) is 0 Å². The number of benzene rings is 1. The Hall–Kier alpha value is -1.15. The van der Waals surface area contributed by atoms with Crippen molar-refractivity contribution < 1.29 is 9.53 Å². The molecule has 0 atom stereocenters. The molecule has 1 fully saturated rings. The molecule has 0 amide bonds. The highest BCUT2D eigenvalue weighted by atomic mass is 16.5. The topological polar surface area (TPSA) is 26.3 Å². The lowest BCUT2D eigenvalue weighted by Gasteiger charge is -2.38. The molecule has 0 bridgehead atoms. The number of carbonyl (C=O) groups is 1. The molecule has 0 aromatic heterocycles. The zero-order valence-corrected chi connectivity index (χ0v) is 9.46. The number of carbonyl (C=O) groups excluding carboxylic acids is 1. The van der Waals surface area contributed by atoms with Gasteiger partial charge < -0.3 is 9.53 Å². The van der Waals surface area contributed by atoms with Crippen LogP contribution in [-0.2, 0) is 14.9 Å². The Morgan fingerprint density at radius 1 is 1.13 bits per heavy atom. The van der Waals surface area contributed by atoms with Crippen molar-refractivity contribution in [3.05, 3.63) is 34.4 Å². The van der Waals surface area contributed by atoms with Gasteiger partial charge in [0.2, 0.25) is 0 Å². The summed E-state index contributed by atoms with van der Waals surface area (Å²) in [6.07, 6.45) is 1.04. The van der Waals surface area contributed by atoms with Gasteiger partial charge in [0.1, 0.15) is 6.29 Å². The number of aryl methyl sites for hydroxylation is 3. The molecule has 0 unspecified atom stereocenters. The molecule has 0 saturated carbocycles. The van der Waals surface area contributed by atoms with Gasteiger partial charge in [0, 0.05) is 0 Å². The first-order valence-corrected chi connectivity index (χ1v) is 5.21. The van der Waals surface area contributed by atoms with Gasteiger partial charge in [-0.15, -0.1) is 0 Å². The van der Waals surface area contributed by atoms with Crippen LogP contribution in [0.5, 0.6) is 0 Å². The first-order valence-electron chi connectivity index (χ1n) is 5.21. The minimum Gasteiger partial charge on any atom is -0.379 e. The number of hydrogen-bond donors (Lipinski definition) is 0. The molecule has 1 aromatic rings. The fraction of sp³-hybridized carbons (Fsp3) is 0.462. The second-order valence-electron chi connectivity index (χ2n) is 4.52. The molecule has 1 aromatic carbocycles. The van der Waals surface area contributed by atoms with Crippen LogP contribution in [0.3, 0.4) is 0 Å². The summed E-state index contributed by atoms with van der Waals surface area (Å²) in [5, 5.41) is 0. The fourth-order valence-corrected chi connectivity index (χ4v) is 2.11. The van der Waals surface area contributed by atoms with E-state index in [9.17, 15) is 4.79 Å². The van der Waals surface area contributed by atoms with E-state index in [0.717, 1.165) is 11.8 Å². The van der Waals surface area contributed by atoms with Crippen LogP contribution in [0.1, 0.15) is 22.3 Å². The van der Waals surface area contributed by atoms with Gasteiger partial charge in [0.25, 0.3) is 0 Å². The summed E-state index contributed by atoms with van der Waals surface area (Å²) >= 11 is 0. The third-order valence-corrected chi connectivity index (χ3v) is 3.32. The summed E-state index contributed by atoms with van der Waals surface area (Å²) < 4.78 is 5.18. The van der Waals surface area contributed by atoms with Crippen LogP contribution in [0.25, 0.3) is 0 Å². The standard InChI is InChI=1S/C13H16O2/c1-9-4-11(3)12(5-10(9)2)13(6-14)7-15-8-13/h4-6H,7-8H2,1-3H3. The summed E-state index contributed by atoms with van der Waals surface area (Å²) in [5.41, 5.74) is 4.46. The molecule has 2 rings (SSSR count). The SMILES string of the molecule is Cc1cc(C)c(C2(C=O)COC2)cc1C. The Balaban J connectivity index is 2.52. The van der Waals surface area contributed by atoms with Crippen LogP contribution in [0, 0.1) is 20.8 Å². The Kier molecular flexibility index (Phi) is 2.39. The van der Waals surface area contributed by atoms with E-state index >= 15 is 0 Å². The van der Waals surface area contributed by atoms with Crippen molar-refractivity contribution in [2.75, 3.05) is 13.2 Å². The van der Waals surface area contributed by atoms with Gasteiger partial charge in [-0.2, -0.15) is 0 Å². The van der Waals surface area contributed by atoms with Crippen LogP contribution in [0.15, 0.2) is 12.1 Å². The summed E-state index contributed by atoms with van der Waals surface area (Å²) in [6, 6.07) is 4.27. The second kappa shape index (κ2) is 3.46. The van der Waals surface area contributed by atoms with Crippen LogP contribution in [0.4, 0.5) is 0 Å². The van der Waals surface area contributed by atoms with E-state index in [0.29, 0.717) is 13.2 Å². The van der Waals surface area contributed by atoms with E-state index < -0.39 is 0 Å². The lowest BCUT2D eigenvalue weighted by molar-refractivity contribution is -0.129. The molecule has 0 spiro atoms. The molecule has 1 heterocycles. The Morgan fingerprint density at radius 2 is 1.73 bits per heavy atom. The van der Waals surface area contributed by atoms with Crippen molar-refractivity contribution in [2.24, 2.45) is 0 Å². The molecule has 15 heavy (non-hydrogen) atoms. The van der Waals surface area contributed by atoms with Crippen molar-refractivity contribution in [1.29, 1.82) is 0 Å². The number of hydrogen-bond acceptors (Lipinski definition) is 2. The third-order valence-electron chi connectivity index (χ3n) is 3.32. The predicted molar refractivity (Wildman–Crippen MR) is 59.2 cm³/mol. The monoisotopic (exact) mass is 204 g/mol. The van der Waals surface area contributed by atoms with Crippen molar-refractivity contribution >= 4 is 6.29 Å². The van der Waals surface area contributed by atoms with E-state index in [1.54, 1.807) is 0 Å². The third kappa shape index (κ3) is 1.49. The molecule has 1 saturated heterocycles. The lowest BCUT2D eigenvalue weighted by Crippen LogP contribution is -2.48. The van der Waals surface area contributed by atoms with Gasteiger partial charge in [-0.25, -0.2) is 0 Å². The van der Waals surface area contributed by atoms with Crippen LogP contribution in [-0.4, -0.2) is 19.5 Å². The van der Waals surface area contributed by atoms with Crippen LogP contribution >= 0.6 is 0 Å². The maximum Gasteiger partial charge on any atom is 0.135 e. The van der Waals surface area contributed by atoms with Gasteiger partial charge in [-0.3, -0.25) is 0 Å². The Bertz CT molecular complexity index is 403. The first-order chi connectivity index (χ1) is 7.09. The zero-order valence-electron chi connectivity index (χ0n) is 9.46. The predicted octanol–water partition coefficient (Wildman–Crippen LogP) is 2.08. The molecule has 2 heteroatoms. The number of aldehydes is 1. The molecule has 2 nitrogen and oxygen atoms in total. The number of rotatable bonds is 2. The van der Waals surface area contributed by atoms with Crippen molar-refractivity contribution in [1.82, 2.24) is 0 Å². The molecule has 1 aliphatic rings. The Labute approximate surface area is 90.3 Å². The molecular formula is C13H16O2. The van der Waals surface area contributed by atoms with Gasteiger partial charge in [0.05, 0.1) is 18.6 Å². The van der Waals surface area contributed by atoms with Gasteiger partial charge in [-0.1, -0.05) is 12.1 Å². The maximum absolute atomic E-state index is 11.2. The second-order valence-corrected chi connectivity index (χ2v) is 4.52. The summed E-state index contributed by atoms with van der Waals surface area (Å²) in [4.78, 5) is 11.2. The Morgan fingerprint density at radius 3 is 2.20 bits per heavy atom. The van der Waals surface area contributed by atoms with Crippen molar-refractivity contribution in [3.8, 4) is 0 Å². The molecule has 0 radical (unpaired) electrons. The smallest absolute Gasteiger partial charge is 0.135 e. The van der Waals surface area contributed by atoms with E-state index in [2.05, 4.69) is 32.9 Å². The van der Waals surface area contributed by atoms with E-state index in [4.69, 9.17) is 4.74 Å². The molecule has 80 valence electrons. The summed E-state index contributed by atoms with van der Waals surface area (Å²) in [6.45, 7) is 7.29. The van der Waals surface area contributed by atoms with E-state index in [-0.39, 0.29) is 5.41 Å².